The third-order valence-electron chi connectivity index (χ3n) is 2.46. The molecule has 0 saturated carbocycles. The van der Waals surface area contributed by atoms with Gasteiger partial charge in [0, 0.05) is 86.8 Å². The number of hydrogen-bond donors (Lipinski definition) is 1. The maximum absolute atomic E-state index is 13.3. The first-order valence-electron chi connectivity index (χ1n) is 36.0. The van der Waals surface area contributed by atoms with Crippen LogP contribution in [-0.2, 0) is 19.1 Å². The van der Waals surface area contributed by atoms with E-state index in [0.29, 0.717) is 0 Å². The summed E-state index contributed by atoms with van der Waals surface area (Å²) in [6, 6.07) is 0. The van der Waals surface area contributed by atoms with Gasteiger partial charge in [0.15, 0.2) is 6.10 Å². The van der Waals surface area contributed by atoms with Crippen molar-refractivity contribution < 1.29 is 98.2 Å². The lowest BCUT2D eigenvalue weighted by atomic mass is 10.1. The zero-order valence-corrected chi connectivity index (χ0v) is 18.1. The van der Waals surface area contributed by atoms with Crippen LogP contribution in [-0.4, -0.2) is 36.4 Å². The number of carbonyl (C=O) groups excluding carboxylic acids is 2. The standard InChI is InChI=1S/C31H60O5/c1-3-5-7-9-11-13-15-17-19-21-23-25-30(33)35-28-29(27-32)36-31(34)26-24-22-20-18-16-14-12-10-8-6-4-2/h29,32H,3-28H2,1-2H3/i1D3,2D3,3D2,4D2,5D2,6D2,7D2,8D2,9D2,10D2,11D2,12D2,13D2,14D2,15D2,16D2,17D2,18D2,19D2,20D2,21D2,22D2,23D2,24D2,25D2,26D2. The van der Waals surface area contributed by atoms with Crippen LogP contribution in [0.4, 0.5) is 0 Å². The molecule has 0 amide bonds. The van der Waals surface area contributed by atoms with Crippen molar-refractivity contribution in [1.29, 1.82) is 0 Å². The SMILES string of the molecule is [2H]C([2H])([2H])C([2H])([2H])C([2H])([2H])C([2H])([2H])C([2H])([2H])C([2H])([2H])C([2H])([2H])C([2H])([2H])C([2H])([2H])C([2H])([2H])C([2H])([2H])C([2H])([2H])C([2H])([2H])C(=O)OCC(CO)OC(=O)C([2H])([2H])C([2H])([2H])C([2H])([2H])C([2H])([2H])C([2H])([2H])C([2H])([2H])C([2H])([2H])C([2H])([2H])C([2H])([2H])C([2H])([2H])C([2H])([2H])C([2H])([2H])C([2H])([2H])[2H]. The van der Waals surface area contributed by atoms with Crippen molar-refractivity contribution in [2.24, 2.45) is 0 Å². The van der Waals surface area contributed by atoms with Crippen LogP contribution in [0.15, 0.2) is 0 Å². The van der Waals surface area contributed by atoms with Gasteiger partial charge in [-0.1, -0.05) is 141 Å². The average molecular weight is 567 g/mol. The highest BCUT2D eigenvalue weighted by molar-refractivity contribution is 5.70. The molecule has 0 fully saturated rings. The molecular formula is C31H60O5. The fourth-order valence-corrected chi connectivity index (χ4v) is 1.24. The zero-order chi connectivity index (χ0) is 74.6. The minimum atomic E-state index is -5.33. The van der Waals surface area contributed by atoms with Crippen LogP contribution in [0.1, 0.15) is 241 Å². The monoisotopic (exact) mass is 567 g/mol. The number of esters is 2. The Balaban J connectivity index is 7.44. The number of aliphatic hydroxyl groups excluding tert-OH is 1. The molecule has 0 saturated heterocycles. The molecule has 0 rings (SSSR count). The summed E-state index contributed by atoms with van der Waals surface area (Å²) in [6.45, 7) is -12.4. The van der Waals surface area contributed by atoms with Gasteiger partial charge in [0.2, 0.25) is 0 Å². The lowest BCUT2D eigenvalue weighted by Gasteiger charge is -2.15. The number of ether oxygens (including phenoxy) is 2. The summed E-state index contributed by atoms with van der Waals surface area (Å²) in [4.78, 5) is 26.6. The topological polar surface area (TPSA) is 72.8 Å². The predicted octanol–water partition coefficient (Wildman–Crippen LogP) is 8.84. The molecule has 0 heterocycles. The second-order valence-corrected chi connectivity index (χ2v) is 4.81. The normalized spacial score (nSPS) is 44.5. The van der Waals surface area contributed by atoms with Crippen molar-refractivity contribution >= 4 is 11.9 Å². The summed E-state index contributed by atoms with van der Waals surface area (Å²) >= 11 is 0. The minimum Gasteiger partial charge on any atom is -0.462 e. The molecule has 0 spiro atoms. The Morgan fingerprint density at radius 2 is 0.972 bits per heavy atom. The highest BCUT2D eigenvalue weighted by Gasteiger charge is 2.16. The first-order chi connectivity index (χ1) is 38.0. The molecule has 0 aliphatic heterocycles. The Kier molecular flexibility index (Phi) is 4.11. The second-order valence-electron chi connectivity index (χ2n) is 4.81. The van der Waals surface area contributed by atoms with Crippen molar-refractivity contribution in [2.75, 3.05) is 13.2 Å². The third-order valence-corrected chi connectivity index (χ3v) is 2.46. The molecule has 214 valence electrons. The van der Waals surface area contributed by atoms with Gasteiger partial charge in [-0.15, -0.1) is 0 Å². The summed E-state index contributed by atoms with van der Waals surface area (Å²) in [5, 5.41) is 9.90. The van der Waals surface area contributed by atoms with Gasteiger partial charge in [-0.25, -0.2) is 0 Å². The van der Waals surface area contributed by atoms with Gasteiger partial charge in [-0.05, 0) is 12.7 Å². The lowest BCUT2D eigenvalue weighted by Crippen LogP contribution is -2.28. The molecule has 0 aliphatic rings. The molecule has 5 nitrogen and oxygen atoms in total. The van der Waals surface area contributed by atoms with Gasteiger partial charge in [-0.2, -0.15) is 0 Å². The third kappa shape index (κ3) is 26.0. The first-order valence-corrected chi connectivity index (χ1v) is 8.97. The Morgan fingerprint density at radius 3 is 1.36 bits per heavy atom. The Hall–Kier alpha value is -1.10. The molecule has 0 bridgehead atoms. The van der Waals surface area contributed by atoms with E-state index in [-0.39, 0.29) is 0 Å². The van der Waals surface area contributed by atoms with Crippen LogP contribution in [0.5, 0.6) is 0 Å². The maximum Gasteiger partial charge on any atom is 0.306 e. The largest absolute Gasteiger partial charge is 0.462 e. The van der Waals surface area contributed by atoms with Crippen LogP contribution in [0.25, 0.3) is 0 Å². The van der Waals surface area contributed by atoms with Crippen molar-refractivity contribution in [2.45, 2.75) is 173 Å². The molecule has 0 aromatic heterocycles. The van der Waals surface area contributed by atoms with E-state index in [4.69, 9.17) is 74.0 Å². The first kappa shape index (κ1) is 5.19. The molecule has 0 aromatic carbocycles. The minimum absolute atomic E-state index is 1.87. The summed E-state index contributed by atoms with van der Waals surface area (Å²) < 4.78 is 444. The Bertz CT molecular complexity index is 2590. The highest BCUT2D eigenvalue weighted by atomic mass is 16.6. The van der Waals surface area contributed by atoms with Crippen LogP contribution >= 0.6 is 0 Å². The predicted molar refractivity (Wildman–Crippen MR) is 150 cm³/mol. The fraction of sp³-hybridized carbons (Fsp3) is 0.935. The van der Waals surface area contributed by atoms with Crippen molar-refractivity contribution in [1.82, 2.24) is 0 Å². The molecule has 1 atom stereocenters. The summed E-state index contributed by atoms with van der Waals surface area (Å²) in [5.41, 5.74) is 0. The number of carbonyl (C=O) groups is 2. The van der Waals surface area contributed by atoms with E-state index < -0.39 is 198 Å². The van der Waals surface area contributed by atoms with Gasteiger partial charge in [-0.3, -0.25) is 9.59 Å². The van der Waals surface area contributed by atoms with E-state index in [9.17, 15) is 14.7 Å². The molecule has 1 unspecified atom stereocenters. The zero-order valence-electron chi connectivity index (χ0n) is 72.1. The van der Waals surface area contributed by atoms with Crippen molar-refractivity contribution in [3.8, 4) is 0 Å². The quantitative estimate of drug-likeness (QED) is 0.0957. The van der Waals surface area contributed by atoms with Crippen LogP contribution in [0.2, 0.25) is 0 Å². The van der Waals surface area contributed by atoms with E-state index in [1.54, 1.807) is 0 Å². The number of hydrogen-bond acceptors (Lipinski definition) is 5. The maximum atomic E-state index is 13.3. The van der Waals surface area contributed by atoms with Gasteiger partial charge in [0.1, 0.15) is 6.61 Å². The molecule has 0 aliphatic carbocycles. The molecule has 1 N–H and O–H groups in total. The van der Waals surface area contributed by atoms with Gasteiger partial charge >= 0.3 is 11.9 Å². The average Bonchev–Trinajstić information content (AvgIpc) is 3.32. The van der Waals surface area contributed by atoms with E-state index in [1.807, 2.05) is 0 Å². The number of aliphatic hydroxyl groups is 1. The summed E-state index contributed by atoms with van der Waals surface area (Å²) in [7, 11) is 0. The lowest BCUT2D eigenvalue weighted by molar-refractivity contribution is -0.161. The summed E-state index contributed by atoms with van der Waals surface area (Å²) in [6.07, 6.45) is -125. The molecule has 0 aromatic rings. The Morgan fingerprint density at radius 1 is 0.611 bits per heavy atom. The van der Waals surface area contributed by atoms with Gasteiger partial charge < -0.3 is 14.6 Å². The van der Waals surface area contributed by atoms with Crippen molar-refractivity contribution in [3.05, 3.63) is 0 Å². The number of rotatable bonds is 28. The van der Waals surface area contributed by atoms with Crippen LogP contribution in [0.3, 0.4) is 0 Å². The fourth-order valence-electron chi connectivity index (χ4n) is 1.24. The highest BCUT2D eigenvalue weighted by Crippen LogP contribution is 2.14. The summed E-state index contributed by atoms with van der Waals surface area (Å²) in [5.74, 6) is -5.82. The Labute approximate surface area is 299 Å². The molecule has 36 heavy (non-hydrogen) atoms. The van der Waals surface area contributed by atoms with E-state index in [0.717, 1.165) is 0 Å². The van der Waals surface area contributed by atoms with Crippen LogP contribution < -0.4 is 0 Å². The molecular weight excluding hydrogens is 452 g/mol. The molecule has 5 heteroatoms. The smallest absolute Gasteiger partial charge is 0.306 e. The van der Waals surface area contributed by atoms with Crippen LogP contribution in [0, 0.1) is 0 Å². The van der Waals surface area contributed by atoms with E-state index in [1.165, 1.54) is 0 Å². The van der Waals surface area contributed by atoms with E-state index >= 15 is 0 Å². The van der Waals surface area contributed by atoms with Gasteiger partial charge in [0.25, 0.3) is 0 Å². The molecule has 0 radical (unpaired) electrons. The van der Waals surface area contributed by atoms with E-state index in [2.05, 4.69) is 9.47 Å². The van der Waals surface area contributed by atoms with Crippen molar-refractivity contribution in [3.63, 3.8) is 0 Å². The second kappa shape index (κ2) is 28.5. The van der Waals surface area contributed by atoms with Gasteiger partial charge in [0.05, 0.1) is 6.61 Å².